The van der Waals surface area contributed by atoms with Gasteiger partial charge in [0.15, 0.2) is 5.82 Å². The van der Waals surface area contributed by atoms with E-state index in [1.54, 1.807) is 36.5 Å². The van der Waals surface area contributed by atoms with E-state index >= 15 is 0 Å². The number of carbonyl (C=O) groups excluding carboxylic acids is 4. The van der Waals surface area contributed by atoms with Gasteiger partial charge in [-0.15, -0.1) is 5.10 Å². The molecule has 0 saturated carbocycles. The van der Waals surface area contributed by atoms with Crippen molar-refractivity contribution >= 4 is 29.4 Å². The third-order valence-electron chi connectivity index (χ3n) is 5.20. The highest BCUT2D eigenvalue weighted by Crippen LogP contribution is 2.31. The summed E-state index contributed by atoms with van der Waals surface area (Å²) in [5.41, 5.74) is 6.87. The lowest BCUT2D eigenvalue weighted by Crippen LogP contribution is -2.54. The van der Waals surface area contributed by atoms with Gasteiger partial charge < -0.3 is 10.6 Å². The second-order valence-electron chi connectivity index (χ2n) is 7.08. The molecule has 1 atom stereocenters. The molecule has 1 unspecified atom stereocenters. The highest BCUT2D eigenvalue weighted by molar-refractivity contribution is 6.24. The maximum atomic E-state index is 13.2. The number of nitrogens with one attached hydrogen (secondary N) is 1. The van der Waals surface area contributed by atoms with Crippen LogP contribution in [0.4, 0.5) is 5.82 Å². The number of fused-ring (bicyclic) bond motifs is 1. The van der Waals surface area contributed by atoms with Crippen LogP contribution >= 0.6 is 0 Å². The molecule has 30 heavy (non-hydrogen) atoms. The molecule has 1 saturated heterocycles. The summed E-state index contributed by atoms with van der Waals surface area (Å²) < 4.78 is 0. The average Bonchev–Trinajstić information content (AvgIpc) is 3.00. The fourth-order valence-corrected chi connectivity index (χ4v) is 3.81. The molecule has 2 aliphatic rings. The number of benzene rings is 1. The van der Waals surface area contributed by atoms with Crippen LogP contribution in [0.3, 0.4) is 0 Å². The quantitative estimate of drug-likeness (QED) is 0.629. The minimum atomic E-state index is -0.997. The highest BCUT2D eigenvalue weighted by atomic mass is 16.2. The maximum absolute atomic E-state index is 13.2. The molecular weight excluding hydrogens is 388 g/mol. The molecule has 3 heterocycles. The second kappa shape index (κ2) is 7.99. The molecule has 10 nitrogen and oxygen atoms in total. The molecule has 0 spiro atoms. The van der Waals surface area contributed by atoms with Gasteiger partial charge in [0, 0.05) is 32.3 Å². The third kappa shape index (κ3) is 3.41. The third-order valence-corrected chi connectivity index (χ3v) is 5.20. The summed E-state index contributed by atoms with van der Waals surface area (Å²) in [7, 11) is 0. The number of amides is 4. The molecular formula is C20H20N6O4. The van der Waals surface area contributed by atoms with Gasteiger partial charge in [0.25, 0.3) is 11.8 Å². The van der Waals surface area contributed by atoms with Crippen molar-refractivity contribution in [2.75, 3.05) is 18.0 Å². The van der Waals surface area contributed by atoms with E-state index in [-0.39, 0.29) is 24.0 Å². The summed E-state index contributed by atoms with van der Waals surface area (Å²) in [6.07, 6.45) is 1.75. The van der Waals surface area contributed by atoms with E-state index in [4.69, 9.17) is 5.73 Å². The molecule has 1 aromatic carbocycles. The van der Waals surface area contributed by atoms with Crippen LogP contribution in [-0.2, 0) is 16.1 Å². The molecule has 10 heteroatoms. The standard InChI is InChI=1S/C20H20N6O4/c21-8-10-25(15-5-2-9-22-24-15)11-12-3-1-4-13-17(12)20(30)26(19(13)29)14-6-7-16(27)23-18(14)28/h1-5,9,14H,6-8,10-11,21H2,(H,23,27,28). The summed E-state index contributed by atoms with van der Waals surface area (Å²) in [4.78, 5) is 52.7. The molecule has 3 N–H and O–H groups in total. The Bertz CT molecular complexity index is 1030. The van der Waals surface area contributed by atoms with Crippen molar-refractivity contribution in [2.45, 2.75) is 25.4 Å². The SMILES string of the molecule is NCCN(Cc1cccc2c1C(=O)N(C1CCC(=O)NC1=O)C2=O)c1cccnn1. The van der Waals surface area contributed by atoms with Crippen molar-refractivity contribution in [3.05, 3.63) is 53.2 Å². The molecule has 1 fully saturated rings. The smallest absolute Gasteiger partial charge is 0.262 e. The predicted octanol–water partition coefficient (Wildman–Crippen LogP) is -0.157. The highest BCUT2D eigenvalue weighted by Gasteiger charge is 2.45. The van der Waals surface area contributed by atoms with Gasteiger partial charge in [0.05, 0.1) is 11.1 Å². The van der Waals surface area contributed by atoms with E-state index in [1.807, 2.05) is 4.90 Å². The number of nitrogens with zero attached hydrogens (tertiary/aromatic N) is 4. The first kappa shape index (κ1) is 19.6. The Hall–Kier alpha value is -3.66. The van der Waals surface area contributed by atoms with E-state index in [9.17, 15) is 19.2 Å². The van der Waals surface area contributed by atoms with Crippen LogP contribution in [0.25, 0.3) is 0 Å². The van der Waals surface area contributed by atoms with Crippen molar-refractivity contribution in [1.82, 2.24) is 20.4 Å². The number of imide groups is 2. The summed E-state index contributed by atoms with van der Waals surface area (Å²) in [6, 6.07) is 7.57. The zero-order chi connectivity index (χ0) is 21.3. The van der Waals surface area contributed by atoms with Gasteiger partial charge in [-0.05, 0) is 30.2 Å². The summed E-state index contributed by atoms with van der Waals surface area (Å²) in [6.45, 7) is 1.13. The van der Waals surface area contributed by atoms with Crippen molar-refractivity contribution in [2.24, 2.45) is 5.73 Å². The van der Waals surface area contributed by atoms with Crippen molar-refractivity contribution in [3.63, 3.8) is 0 Å². The lowest BCUT2D eigenvalue weighted by atomic mass is 10.0. The van der Waals surface area contributed by atoms with E-state index in [0.29, 0.717) is 31.0 Å². The first-order valence-corrected chi connectivity index (χ1v) is 9.57. The van der Waals surface area contributed by atoms with Crippen LogP contribution in [0, 0.1) is 0 Å². The fourth-order valence-electron chi connectivity index (χ4n) is 3.81. The second-order valence-corrected chi connectivity index (χ2v) is 7.08. The van der Waals surface area contributed by atoms with Crippen molar-refractivity contribution < 1.29 is 19.2 Å². The van der Waals surface area contributed by atoms with Crippen molar-refractivity contribution in [3.8, 4) is 0 Å². The molecule has 154 valence electrons. The number of carbonyl (C=O) groups is 4. The average molecular weight is 408 g/mol. The van der Waals surface area contributed by atoms with Gasteiger partial charge in [-0.3, -0.25) is 29.4 Å². The summed E-state index contributed by atoms with van der Waals surface area (Å²) >= 11 is 0. The molecule has 0 radical (unpaired) electrons. The number of hydrogen-bond donors (Lipinski definition) is 2. The lowest BCUT2D eigenvalue weighted by Gasteiger charge is -2.28. The van der Waals surface area contributed by atoms with E-state index in [1.165, 1.54) is 0 Å². The molecule has 2 aliphatic heterocycles. The monoisotopic (exact) mass is 408 g/mol. The fraction of sp³-hybridized carbons (Fsp3) is 0.300. The molecule has 2 aromatic rings. The summed E-state index contributed by atoms with van der Waals surface area (Å²) in [5, 5.41) is 10.2. The molecule has 0 bridgehead atoms. The molecule has 4 amide bonds. The van der Waals surface area contributed by atoms with Gasteiger partial charge in [-0.1, -0.05) is 12.1 Å². The van der Waals surface area contributed by atoms with Crippen LogP contribution in [0.5, 0.6) is 0 Å². The Labute approximate surface area is 172 Å². The van der Waals surface area contributed by atoms with Gasteiger partial charge in [-0.2, -0.15) is 5.10 Å². The van der Waals surface area contributed by atoms with Crippen LogP contribution in [0.15, 0.2) is 36.5 Å². The van der Waals surface area contributed by atoms with Gasteiger partial charge >= 0.3 is 0 Å². The van der Waals surface area contributed by atoms with E-state index < -0.39 is 29.7 Å². The summed E-state index contributed by atoms with van der Waals surface area (Å²) in [5.74, 6) is -1.51. The van der Waals surface area contributed by atoms with Crippen LogP contribution < -0.4 is 16.0 Å². The Morgan fingerprint density at radius 2 is 1.97 bits per heavy atom. The minimum absolute atomic E-state index is 0.0770. The number of aromatic nitrogens is 2. The zero-order valence-electron chi connectivity index (χ0n) is 16.1. The number of rotatable bonds is 6. The first-order chi connectivity index (χ1) is 14.5. The van der Waals surface area contributed by atoms with E-state index in [0.717, 1.165) is 4.90 Å². The topological polar surface area (TPSA) is 139 Å². The maximum Gasteiger partial charge on any atom is 0.262 e. The van der Waals surface area contributed by atoms with Crippen LogP contribution in [-0.4, -0.2) is 57.9 Å². The Balaban J connectivity index is 1.66. The molecule has 1 aromatic heterocycles. The normalized spacial score (nSPS) is 18.4. The van der Waals surface area contributed by atoms with Gasteiger partial charge in [0.1, 0.15) is 6.04 Å². The van der Waals surface area contributed by atoms with Crippen molar-refractivity contribution in [1.29, 1.82) is 0 Å². The largest absolute Gasteiger partial charge is 0.350 e. The first-order valence-electron chi connectivity index (χ1n) is 9.57. The Morgan fingerprint density at radius 3 is 2.67 bits per heavy atom. The molecule has 0 aliphatic carbocycles. The molecule has 4 rings (SSSR count). The zero-order valence-corrected chi connectivity index (χ0v) is 16.1. The Morgan fingerprint density at radius 1 is 1.13 bits per heavy atom. The number of anilines is 1. The van der Waals surface area contributed by atoms with Gasteiger partial charge in [-0.25, -0.2) is 0 Å². The number of hydrogen-bond acceptors (Lipinski definition) is 8. The van der Waals surface area contributed by atoms with Crippen LogP contribution in [0.1, 0.15) is 39.1 Å². The van der Waals surface area contributed by atoms with Crippen LogP contribution in [0.2, 0.25) is 0 Å². The van der Waals surface area contributed by atoms with E-state index in [2.05, 4.69) is 15.5 Å². The lowest BCUT2D eigenvalue weighted by molar-refractivity contribution is -0.136. The van der Waals surface area contributed by atoms with Gasteiger partial charge in [0.2, 0.25) is 11.8 Å². The predicted molar refractivity (Wildman–Crippen MR) is 105 cm³/mol. The number of nitrogens with two attached hydrogens (primary N) is 1. The number of piperidine rings is 1. The Kier molecular flexibility index (Phi) is 5.23. The minimum Gasteiger partial charge on any atom is -0.350 e.